The summed E-state index contributed by atoms with van der Waals surface area (Å²) in [6.45, 7) is 1.10. The average molecular weight is 291 g/mol. The molecule has 0 aliphatic rings. The highest BCUT2D eigenvalue weighted by Crippen LogP contribution is 2.27. The van der Waals surface area contributed by atoms with E-state index in [0.717, 1.165) is 0 Å². The van der Waals surface area contributed by atoms with Crippen molar-refractivity contribution in [2.75, 3.05) is 6.54 Å². The first-order valence-electron chi connectivity index (χ1n) is 6.12. The van der Waals surface area contributed by atoms with E-state index in [9.17, 15) is 19.5 Å². The molecule has 1 aromatic carbocycles. The molecule has 1 heterocycles. The summed E-state index contributed by atoms with van der Waals surface area (Å²) in [5.74, 6) is -1.69. The fraction of sp³-hybridized carbons (Fsp3) is 0.214. The highest BCUT2D eigenvalue weighted by atomic mass is 16.4. The standard InChI is InChI=1S/C14H13NO6/c1-7-10(16)3-2-9-8(5-13(20)21-14(7)9)4-11(17)15-6-12(18)19/h2-3,5,16H,4,6H2,1H3,(H,15,17)(H,18,19). The summed E-state index contributed by atoms with van der Waals surface area (Å²) >= 11 is 0. The third-order valence-electron chi connectivity index (χ3n) is 3.01. The van der Waals surface area contributed by atoms with Crippen LogP contribution in [0.25, 0.3) is 11.0 Å². The molecular formula is C14H13NO6. The van der Waals surface area contributed by atoms with E-state index >= 15 is 0 Å². The Bertz CT molecular complexity index is 777. The Morgan fingerprint density at radius 3 is 2.71 bits per heavy atom. The molecule has 2 rings (SSSR count). The predicted octanol–water partition coefficient (Wildman–Crippen LogP) is 0.550. The van der Waals surface area contributed by atoms with Crippen molar-refractivity contribution in [2.24, 2.45) is 0 Å². The van der Waals surface area contributed by atoms with E-state index in [2.05, 4.69) is 5.32 Å². The molecule has 0 aliphatic carbocycles. The Balaban J connectivity index is 2.40. The lowest BCUT2D eigenvalue weighted by molar-refractivity contribution is -0.137. The van der Waals surface area contributed by atoms with Gasteiger partial charge in [-0.2, -0.15) is 0 Å². The summed E-state index contributed by atoms with van der Waals surface area (Å²) in [4.78, 5) is 33.6. The van der Waals surface area contributed by atoms with Gasteiger partial charge in [-0.1, -0.05) is 0 Å². The minimum absolute atomic E-state index is 0.0156. The lowest BCUT2D eigenvalue weighted by atomic mass is 10.0. The Morgan fingerprint density at radius 1 is 1.33 bits per heavy atom. The normalized spacial score (nSPS) is 10.5. The van der Waals surface area contributed by atoms with E-state index in [-0.39, 0.29) is 17.8 Å². The van der Waals surface area contributed by atoms with Gasteiger partial charge in [-0.15, -0.1) is 0 Å². The first-order valence-corrected chi connectivity index (χ1v) is 6.12. The van der Waals surface area contributed by atoms with Crippen molar-refractivity contribution < 1.29 is 24.2 Å². The fourth-order valence-corrected chi connectivity index (χ4v) is 1.97. The number of fused-ring (bicyclic) bond motifs is 1. The predicted molar refractivity (Wildman–Crippen MR) is 73.2 cm³/mol. The molecule has 0 unspecified atom stereocenters. The summed E-state index contributed by atoms with van der Waals surface area (Å²) in [7, 11) is 0. The minimum Gasteiger partial charge on any atom is -0.508 e. The highest BCUT2D eigenvalue weighted by molar-refractivity contribution is 5.90. The monoisotopic (exact) mass is 291 g/mol. The second-order valence-electron chi connectivity index (χ2n) is 4.52. The number of hydrogen-bond acceptors (Lipinski definition) is 5. The molecule has 0 saturated carbocycles. The Hall–Kier alpha value is -2.83. The van der Waals surface area contributed by atoms with Gasteiger partial charge >= 0.3 is 11.6 Å². The van der Waals surface area contributed by atoms with Crippen LogP contribution >= 0.6 is 0 Å². The van der Waals surface area contributed by atoms with Crippen molar-refractivity contribution in [3.05, 3.63) is 39.7 Å². The van der Waals surface area contributed by atoms with Crippen LogP contribution < -0.4 is 10.9 Å². The van der Waals surface area contributed by atoms with Crippen molar-refractivity contribution in [3.8, 4) is 5.75 Å². The molecule has 3 N–H and O–H groups in total. The molecule has 0 aliphatic heterocycles. The van der Waals surface area contributed by atoms with E-state index in [1.54, 1.807) is 13.0 Å². The van der Waals surface area contributed by atoms with Crippen LogP contribution in [0, 0.1) is 6.92 Å². The highest BCUT2D eigenvalue weighted by Gasteiger charge is 2.13. The van der Waals surface area contributed by atoms with Crippen LogP contribution in [-0.2, 0) is 16.0 Å². The third-order valence-corrected chi connectivity index (χ3v) is 3.01. The minimum atomic E-state index is -1.15. The number of carbonyl (C=O) groups excluding carboxylic acids is 1. The van der Waals surface area contributed by atoms with Gasteiger partial charge in [0, 0.05) is 17.0 Å². The van der Waals surface area contributed by atoms with Gasteiger partial charge in [0.05, 0.1) is 6.42 Å². The molecule has 1 aromatic heterocycles. The molecule has 0 fully saturated rings. The number of carboxylic acid groups (broad SMARTS) is 1. The Labute approximate surface area is 118 Å². The van der Waals surface area contributed by atoms with Gasteiger partial charge in [0.1, 0.15) is 17.9 Å². The number of nitrogens with one attached hydrogen (secondary N) is 1. The Morgan fingerprint density at radius 2 is 2.05 bits per heavy atom. The number of carboxylic acids is 1. The summed E-state index contributed by atoms with van der Waals surface area (Å²) in [6, 6.07) is 4.16. The number of aromatic hydroxyl groups is 1. The van der Waals surface area contributed by atoms with E-state index in [0.29, 0.717) is 16.5 Å². The molecule has 0 radical (unpaired) electrons. The van der Waals surface area contributed by atoms with Crippen LogP contribution in [0.5, 0.6) is 5.75 Å². The number of phenolic OH excluding ortho intramolecular Hbond substituents is 1. The zero-order chi connectivity index (χ0) is 15.6. The summed E-state index contributed by atoms with van der Waals surface area (Å²) in [5, 5.41) is 20.9. The topological polar surface area (TPSA) is 117 Å². The number of aryl methyl sites for hydroxylation is 1. The summed E-state index contributed by atoms with van der Waals surface area (Å²) in [6.07, 6.45) is -0.153. The summed E-state index contributed by atoms with van der Waals surface area (Å²) < 4.78 is 5.05. The van der Waals surface area contributed by atoms with Gasteiger partial charge in [0.2, 0.25) is 5.91 Å². The van der Waals surface area contributed by atoms with Gasteiger partial charge in [-0.25, -0.2) is 4.79 Å². The number of aliphatic carboxylic acids is 1. The first-order chi connectivity index (χ1) is 9.88. The van der Waals surface area contributed by atoms with Crippen molar-refractivity contribution in [1.82, 2.24) is 5.32 Å². The molecule has 0 bridgehead atoms. The van der Waals surface area contributed by atoms with Crippen molar-refractivity contribution in [2.45, 2.75) is 13.3 Å². The quantitative estimate of drug-likeness (QED) is 0.708. The molecular weight excluding hydrogens is 278 g/mol. The van der Waals surface area contributed by atoms with Crippen LogP contribution in [0.2, 0.25) is 0 Å². The Kier molecular flexibility index (Phi) is 3.93. The largest absolute Gasteiger partial charge is 0.508 e. The van der Waals surface area contributed by atoms with Gasteiger partial charge in [-0.3, -0.25) is 9.59 Å². The maximum Gasteiger partial charge on any atom is 0.336 e. The lowest BCUT2D eigenvalue weighted by Gasteiger charge is -2.08. The molecule has 7 nitrogen and oxygen atoms in total. The van der Waals surface area contributed by atoms with E-state index in [4.69, 9.17) is 9.52 Å². The number of carbonyl (C=O) groups is 2. The zero-order valence-corrected chi connectivity index (χ0v) is 11.2. The number of amides is 1. The maximum atomic E-state index is 11.7. The van der Waals surface area contributed by atoms with Gasteiger partial charge in [0.15, 0.2) is 0 Å². The van der Waals surface area contributed by atoms with Crippen molar-refractivity contribution >= 4 is 22.8 Å². The second-order valence-corrected chi connectivity index (χ2v) is 4.52. The smallest absolute Gasteiger partial charge is 0.336 e. The molecule has 0 spiro atoms. The van der Waals surface area contributed by atoms with E-state index < -0.39 is 24.0 Å². The first kappa shape index (κ1) is 14.6. The molecule has 110 valence electrons. The van der Waals surface area contributed by atoms with Crippen LogP contribution in [0.3, 0.4) is 0 Å². The van der Waals surface area contributed by atoms with Gasteiger partial charge in [-0.05, 0) is 24.6 Å². The molecule has 1 amide bonds. The fourth-order valence-electron chi connectivity index (χ4n) is 1.97. The third kappa shape index (κ3) is 3.19. The van der Waals surface area contributed by atoms with Gasteiger partial charge < -0.3 is 19.9 Å². The SMILES string of the molecule is Cc1c(O)ccc2c(CC(=O)NCC(=O)O)cc(=O)oc12. The van der Waals surface area contributed by atoms with Gasteiger partial charge in [0.25, 0.3) is 0 Å². The van der Waals surface area contributed by atoms with Crippen LogP contribution in [0.4, 0.5) is 0 Å². The molecule has 0 saturated heterocycles. The maximum absolute atomic E-state index is 11.7. The molecule has 2 aromatic rings. The van der Waals surface area contributed by atoms with E-state index in [1.807, 2.05) is 0 Å². The zero-order valence-electron chi connectivity index (χ0n) is 11.2. The van der Waals surface area contributed by atoms with Crippen LogP contribution in [0.15, 0.2) is 27.4 Å². The lowest BCUT2D eigenvalue weighted by Crippen LogP contribution is -2.30. The second kappa shape index (κ2) is 5.66. The number of phenols is 1. The van der Waals surface area contributed by atoms with Crippen LogP contribution in [-0.4, -0.2) is 28.6 Å². The van der Waals surface area contributed by atoms with Crippen molar-refractivity contribution in [3.63, 3.8) is 0 Å². The van der Waals surface area contributed by atoms with Crippen molar-refractivity contribution in [1.29, 1.82) is 0 Å². The summed E-state index contributed by atoms with van der Waals surface area (Å²) in [5.41, 5.74) is 0.380. The molecule has 7 heteroatoms. The molecule has 21 heavy (non-hydrogen) atoms. The number of benzene rings is 1. The van der Waals surface area contributed by atoms with E-state index in [1.165, 1.54) is 12.1 Å². The molecule has 0 atom stereocenters. The average Bonchev–Trinajstić information content (AvgIpc) is 2.41. The number of rotatable bonds is 4. The van der Waals surface area contributed by atoms with Crippen LogP contribution in [0.1, 0.15) is 11.1 Å². The number of hydrogen-bond donors (Lipinski definition) is 3.